The van der Waals surface area contributed by atoms with Gasteiger partial charge in [0.05, 0.1) is 5.41 Å². The Morgan fingerprint density at radius 2 is 1.71 bits per heavy atom. The van der Waals surface area contributed by atoms with Gasteiger partial charge in [-0.1, -0.05) is 48.9 Å². The number of nitrogen functional groups attached to an aromatic ring is 1. The number of benzene rings is 2. The minimum absolute atomic E-state index is 0.136. The van der Waals surface area contributed by atoms with Crippen LogP contribution in [-0.2, 0) is 16.8 Å². The third-order valence-electron chi connectivity index (χ3n) is 4.40. The summed E-state index contributed by atoms with van der Waals surface area (Å²) in [5.41, 5.74) is 8.29. The molecule has 0 unspecified atom stereocenters. The first-order valence-corrected chi connectivity index (χ1v) is 7.39. The number of carbonyl (C=O) groups is 1. The second-order valence-electron chi connectivity index (χ2n) is 5.73. The van der Waals surface area contributed by atoms with E-state index in [1.54, 1.807) is 0 Å². The molecule has 2 aromatic rings. The predicted molar refractivity (Wildman–Crippen MR) is 84.7 cm³/mol. The molecule has 0 bridgehead atoms. The van der Waals surface area contributed by atoms with Crippen molar-refractivity contribution in [3.05, 3.63) is 65.7 Å². The number of hydrogen-bond acceptors (Lipinski definition) is 2. The lowest BCUT2D eigenvalue weighted by molar-refractivity contribution is -0.130. The highest BCUT2D eigenvalue weighted by atomic mass is 16.2. The fraction of sp³-hybridized carbons (Fsp3) is 0.278. The van der Waals surface area contributed by atoms with Crippen LogP contribution in [0.25, 0.3) is 0 Å². The van der Waals surface area contributed by atoms with Gasteiger partial charge in [0, 0.05) is 12.2 Å². The van der Waals surface area contributed by atoms with Gasteiger partial charge in [-0.05, 0) is 36.1 Å². The molecule has 1 fully saturated rings. The van der Waals surface area contributed by atoms with E-state index in [0.717, 1.165) is 36.1 Å². The molecular formula is C18H20N2O. The molecule has 1 saturated carbocycles. The molecule has 108 valence electrons. The Balaban J connectivity index is 1.70. The quantitative estimate of drug-likeness (QED) is 0.846. The van der Waals surface area contributed by atoms with Gasteiger partial charge in [0.15, 0.2) is 0 Å². The van der Waals surface area contributed by atoms with Crippen molar-refractivity contribution < 1.29 is 4.79 Å². The summed E-state index contributed by atoms with van der Waals surface area (Å²) >= 11 is 0. The third kappa shape index (κ3) is 2.64. The largest absolute Gasteiger partial charge is 0.399 e. The van der Waals surface area contributed by atoms with Gasteiger partial charge in [-0.25, -0.2) is 0 Å². The van der Waals surface area contributed by atoms with Crippen molar-refractivity contribution in [1.29, 1.82) is 0 Å². The summed E-state index contributed by atoms with van der Waals surface area (Å²) in [6.45, 7) is 0.549. The van der Waals surface area contributed by atoms with E-state index in [2.05, 4.69) is 17.4 Å². The van der Waals surface area contributed by atoms with Crippen LogP contribution in [0.4, 0.5) is 5.69 Å². The van der Waals surface area contributed by atoms with Crippen molar-refractivity contribution in [2.75, 3.05) is 5.73 Å². The van der Waals surface area contributed by atoms with Crippen molar-refractivity contribution in [1.82, 2.24) is 5.32 Å². The van der Waals surface area contributed by atoms with E-state index in [0.29, 0.717) is 6.54 Å². The summed E-state index contributed by atoms with van der Waals surface area (Å²) in [5.74, 6) is 0.136. The van der Waals surface area contributed by atoms with Crippen molar-refractivity contribution in [3.8, 4) is 0 Å². The van der Waals surface area contributed by atoms with E-state index in [1.165, 1.54) is 0 Å². The molecule has 3 nitrogen and oxygen atoms in total. The van der Waals surface area contributed by atoms with Crippen molar-refractivity contribution in [3.63, 3.8) is 0 Å². The van der Waals surface area contributed by atoms with Crippen LogP contribution >= 0.6 is 0 Å². The van der Waals surface area contributed by atoms with Gasteiger partial charge >= 0.3 is 0 Å². The number of rotatable bonds is 4. The lowest BCUT2D eigenvalue weighted by Gasteiger charge is -2.40. The number of amides is 1. The number of anilines is 1. The first-order valence-electron chi connectivity index (χ1n) is 7.39. The second kappa shape index (κ2) is 5.60. The number of carbonyl (C=O) groups excluding carboxylic acids is 1. The Bertz CT molecular complexity index is 615. The molecule has 1 aliphatic rings. The van der Waals surface area contributed by atoms with Gasteiger partial charge in [-0.3, -0.25) is 4.79 Å². The zero-order valence-electron chi connectivity index (χ0n) is 12.0. The smallest absolute Gasteiger partial charge is 0.230 e. The van der Waals surface area contributed by atoms with E-state index in [1.807, 2.05) is 42.5 Å². The van der Waals surface area contributed by atoms with Crippen LogP contribution in [0.2, 0.25) is 0 Å². The Hall–Kier alpha value is -2.29. The van der Waals surface area contributed by atoms with Gasteiger partial charge in [-0.15, -0.1) is 0 Å². The first kappa shape index (κ1) is 13.7. The summed E-state index contributed by atoms with van der Waals surface area (Å²) < 4.78 is 0. The normalized spacial score (nSPS) is 16.0. The summed E-state index contributed by atoms with van der Waals surface area (Å²) in [5, 5.41) is 3.08. The van der Waals surface area contributed by atoms with Gasteiger partial charge in [0.1, 0.15) is 0 Å². The number of hydrogen-bond donors (Lipinski definition) is 2. The lowest BCUT2D eigenvalue weighted by Crippen LogP contribution is -2.48. The SMILES string of the molecule is Nc1ccc(CNC(=O)C2(c3ccccc3)CCC2)cc1. The topological polar surface area (TPSA) is 55.1 Å². The molecule has 0 saturated heterocycles. The Kier molecular flexibility index (Phi) is 3.65. The van der Waals surface area contributed by atoms with Crippen LogP contribution in [0, 0.1) is 0 Å². The van der Waals surface area contributed by atoms with Crippen molar-refractivity contribution >= 4 is 11.6 Å². The van der Waals surface area contributed by atoms with E-state index >= 15 is 0 Å². The van der Waals surface area contributed by atoms with Crippen LogP contribution in [0.15, 0.2) is 54.6 Å². The minimum Gasteiger partial charge on any atom is -0.399 e. The summed E-state index contributed by atoms with van der Waals surface area (Å²) in [6.07, 6.45) is 2.99. The van der Waals surface area contributed by atoms with Crippen LogP contribution in [0.1, 0.15) is 30.4 Å². The molecule has 0 atom stereocenters. The van der Waals surface area contributed by atoms with E-state index in [4.69, 9.17) is 5.73 Å². The predicted octanol–water partition coefficient (Wildman–Crippen LogP) is 3.01. The fourth-order valence-electron chi connectivity index (χ4n) is 2.92. The maximum atomic E-state index is 12.7. The average molecular weight is 280 g/mol. The van der Waals surface area contributed by atoms with E-state index in [9.17, 15) is 4.79 Å². The molecule has 3 heteroatoms. The molecular weight excluding hydrogens is 260 g/mol. The van der Waals surface area contributed by atoms with Crippen molar-refractivity contribution in [2.24, 2.45) is 0 Å². The molecule has 3 rings (SSSR count). The molecule has 0 aromatic heterocycles. The first-order chi connectivity index (χ1) is 10.2. The molecule has 2 aromatic carbocycles. The molecule has 0 heterocycles. The Morgan fingerprint density at radius 1 is 1.05 bits per heavy atom. The van der Waals surface area contributed by atoms with E-state index in [-0.39, 0.29) is 11.3 Å². The molecule has 0 radical (unpaired) electrons. The summed E-state index contributed by atoms with van der Waals surface area (Å²) in [6, 6.07) is 17.7. The highest BCUT2D eigenvalue weighted by Crippen LogP contribution is 2.43. The second-order valence-corrected chi connectivity index (χ2v) is 5.73. The number of nitrogens with one attached hydrogen (secondary N) is 1. The van der Waals surface area contributed by atoms with Crippen LogP contribution in [-0.4, -0.2) is 5.91 Å². The van der Waals surface area contributed by atoms with E-state index < -0.39 is 0 Å². The zero-order valence-corrected chi connectivity index (χ0v) is 12.0. The average Bonchev–Trinajstić information content (AvgIpc) is 2.47. The monoisotopic (exact) mass is 280 g/mol. The Morgan fingerprint density at radius 3 is 2.29 bits per heavy atom. The van der Waals surface area contributed by atoms with Gasteiger partial charge in [-0.2, -0.15) is 0 Å². The molecule has 0 spiro atoms. The van der Waals surface area contributed by atoms with Crippen molar-refractivity contribution in [2.45, 2.75) is 31.2 Å². The molecule has 0 aliphatic heterocycles. The minimum atomic E-state index is -0.324. The fourth-order valence-corrected chi connectivity index (χ4v) is 2.92. The molecule has 3 N–H and O–H groups in total. The van der Waals surface area contributed by atoms with Crippen LogP contribution < -0.4 is 11.1 Å². The van der Waals surface area contributed by atoms with Gasteiger partial charge < -0.3 is 11.1 Å². The van der Waals surface area contributed by atoms with Gasteiger partial charge in [0.2, 0.25) is 5.91 Å². The van der Waals surface area contributed by atoms with Crippen LogP contribution in [0.5, 0.6) is 0 Å². The number of nitrogens with two attached hydrogens (primary N) is 1. The Labute approximate surface area is 125 Å². The molecule has 1 amide bonds. The molecule has 21 heavy (non-hydrogen) atoms. The highest BCUT2D eigenvalue weighted by Gasteiger charge is 2.45. The third-order valence-corrected chi connectivity index (χ3v) is 4.40. The van der Waals surface area contributed by atoms with Crippen LogP contribution in [0.3, 0.4) is 0 Å². The zero-order chi connectivity index (χ0) is 14.7. The highest BCUT2D eigenvalue weighted by molar-refractivity contribution is 5.89. The maximum Gasteiger partial charge on any atom is 0.230 e. The standard InChI is InChI=1S/C18H20N2O/c19-16-9-7-14(8-10-16)13-20-17(21)18(11-4-12-18)15-5-2-1-3-6-15/h1-3,5-10H,4,11-13,19H2,(H,20,21). The molecule has 1 aliphatic carbocycles. The summed E-state index contributed by atoms with van der Waals surface area (Å²) in [4.78, 5) is 12.7. The van der Waals surface area contributed by atoms with Gasteiger partial charge in [0.25, 0.3) is 0 Å². The lowest BCUT2D eigenvalue weighted by atomic mass is 9.64. The maximum absolute atomic E-state index is 12.7. The summed E-state index contributed by atoms with van der Waals surface area (Å²) in [7, 11) is 0.